The Kier molecular flexibility index (Phi) is 4.71. The molecule has 0 nitrogen and oxygen atoms in total. The lowest BCUT2D eigenvalue weighted by Gasteiger charge is -2.48. The molecule has 0 heteroatoms. The molecule has 3 atom stereocenters. The topological polar surface area (TPSA) is 0 Å². The molecule has 23 heavy (non-hydrogen) atoms. The molecule has 2 aliphatic carbocycles. The zero-order valence-corrected chi connectivity index (χ0v) is 14.4. The van der Waals surface area contributed by atoms with E-state index in [-0.39, 0.29) is 10.8 Å². The zero-order valence-electron chi connectivity index (χ0n) is 14.4. The van der Waals surface area contributed by atoms with Gasteiger partial charge in [-0.15, -0.1) is 0 Å². The van der Waals surface area contributed by atoms with E-state index in [1.807, 2.05) is 0 Å². The van der Waals surface area contributed by atoms with Crippen LogP contribution in [0.2, 0.25) is 0 Å². The third kappa shape index (κ3) is 3.13. The van der Waals surface area contributed by atoms with Gasteiger partial charge in [0.25, 0.3) is 0 Å². The molecular formula is C23H28. The number of rotatable bonds is 5. The van der Waals surface area contributed by atoms with E-state index in [0.717, 1.165) is 19.3 Å². The molecule has 0 amide bonds. The molecule has 0 saturated carbocycles. The Bertz CT molecular complexity index is 631. The van der Waals surface area contributed by atoms with Gasteiger partial charge in [-0.05, 0) is 48.0 Å². The van der Waals surface area contributed by atoms with Crippen LogP contribution in [0.25, 0.3) is 0 Å². The van der Waals surface area contributed by atoms with Gasteiger partial charge in [0.15, 0.2) is 0 Å². The van der Waals surface area contributed by atoms with Gasteiger partial charge in [0, 0.05) is 0 Å². The van der Waals surface area contributed by atoms with Gasteiger partial charge in [-0.25, -0.2) is 0 Å². The van der Waals surface area contributed by atoms with Crippen LogP contribution in [0.5, 0.6) is 0 Å². The van der Waals surface area contributed by atoms with Gasteiger partial charge >= 0.3 is 0 Å². The standard InChI is InChI=1S/C23H28/c1-3-22(15-9-5-10-16-22)20(2)23(17-11-6-12-18-23)19-21-13-7-4-8-14-21/h4-15,17,20H,3,16,18-19H2,1-2H3. The fourth-order valence-electron chi connectivity index (χ4n) is 4.41. The lowest BCUT2D eigenvalue weighted by molar-refractivity contribution is 0.104. The SMILES string of the molecule is CCC1(C(C)C2(Cc3ccccc3)C=CC=CC2)C=CC=CC1. The van der Waals surface area contributed by atoms with E-state index in [0.29, 0.717) is 5.92 Å². The molecule has 0 heterocycles. The molecule has 3 rings (SSSR count). The quantitative estimate of drug-likeness (QED) is 0.600. The van der Waals surface area contributed by atoms with E-state index in [1.54, 1.807) is 0 Å². The largest absolute Gasteiger partial charge is 0.0837 e. The predicted molar refractivity (Wildman–Crippen MR) is 100 cm³/mol. The van der Waals surface area contributed by atoms with Gasteiger partial charge < -0.3 is 0 Å². The summed E-state index contributed by atoms with van der Waals surface area (Å²) in [5.41, 5.74) is 1.93. The Morgan fingerprint density at radius 3 is 2.00 bits per heavy atom. The Balaban J connectivity index is 1.95. The summed E-state index contributed by atoms with van der Waals surface area (Å²) in [4.78, 5) is 0. The summed E-state index contributed by atoms with van der Waals surface area (Å²) in [7, 11) is 0. The summed E-state index contributed by atoms with van der Waals surface area (Å²) < 4.78 is 0. The van der Waals surface area contributed by atoms with Crippen molar-refractivity contribution in [2.24, 2.45) is 16.7 Å². The van der Waals surface area contributed by atoms with Gasteiger partial charge in [0.2, 0.25) is 0 Å². The molecule has 0 fully saturated rings. The van der Waals surface area contributed by atoms with E-state index in [2.05, 4.69) is 92.8 Å². The highest BCUT2D eigenvalue weighted by Crippen LogP contribution is 2.52. The monoisotopic (exact) mass is 304 g/mol. The maximum atomic E-state index is 2.48. The first-order valence-corrected chi connectivity index (χ1v) is 8.93. The lowest BCUT2D eigenvalue weighted by Crippen LogP contribution is -2.41. The molecule has 1 aromatic rings. The van der Waals surface area contributed by atoms with Crippen molar-refractivity contribution in [2.75, 3.05) is 0 Å². The minimum Gasteiger partial charge on any atom is -0.0837 e. The fraction of sp³-hybridized carbons (Fsp3) is 0.391. The second kappa shape index (κ2) is 6.74. The molecule has 1 aromatic carbocycles. The third-order valence-corrected chi connectivity index (χ3v) is 6.11. The molecule has 0 aliphatic heterocycles. The highest BCUT2D eigenvalue weighted by Gasteiger charge is 2.44. The highest BCUT2D eigenvalue weighted by molar-refractivity contribution is 5.28. The van der Waals surface area contributed by atoms with Gasteiger partial charge in [-0.1, -0.05) is 92.8 Å². The summed E-state index contributed by atoms with van der Waals surface area (Å²) in [6.45, 7) is 4.82. The number of hydrogen-bond acceptors (Lipinski definition) is 0. The van der Waals surface area contributed by atoms with Crippen LogP contribution in [0, 0.1) is 16.7 Å². The van der Waals surface area contributed by atoms with Crippen LogP contribution in [0.4, 0.5) is 0 Å². The highest BCUT2D eigenvalue weighted by atomic mass is 14.5. The number of allylic oxidation sites excluding steroid dienone is 8. The van der Waals surface area contributed by atoms with Crippen LogP contribution in [-0.4, -0.2) is 0 Å². The van der Waals surface area contributed by atoms with Crippen molar-refractivity contribution >= 4 is 0 Å². The first-order chi connectivity index (χ1) is 11.2. The van der Waals surface area contributed by atoms with E-state index in [9.17, 15) is 0 Å². The molecular weight excluding hydrogens is 276 g/mol. The molecule has 0 bridgehead atoms. The number of benzene rings is 1. The first kappa shape index (κ1) is 16.1. The predicted octanol–water partition coefficient (Wildman–Crippen LogP) is 6.28. The van der Waals surface area contributed by atoms with Crippen molar-refractivity contribution in [1.29, 1.82) is 0 Å². The third-order valence-electron chi connectivity index (χ3n) is 6.11. The van der Waals surface area contributed by atoms with E-state index < -0.39 is 0 Å². The van der Waals surface area contributed by atoms with Crippen molar-refractivity contribution in [3.8, 4) is 0 Å². The summed E-state index contributed by atoms with van der Waals surface area (Å²) in [5.74, 6) is 0.600. The molecule has 0 radical (unpaired) electrons. The normalized spacial score (nSPS) is 30.5. The second-order valence-electron chi connectivity index (χ2n) is 7.19. The van der Waals surface area contributed by atoms with Crippen LogP contribution in [0.1, 0.15) is 38.7 Å². The van der Waals surface area contributed by atoms with Crippen LogP contribution >= 0.6 is 0 Å². The van der Waals surface area contributed by atoms with Crippen LogP contribution in [0.3, 0.4) is 0 Å². The van der Waals surface area contributed by atoms with Crippen molar-refractivity contribution in [3.05, 3.63) is 84.5 Å². The first-order valence-electron chi connectivity index (χ1n) is 8.93. The van der Waals surface area contributed by atoms with Gasteiger partial charge in [-0.3, -0.25) is 0 Å². The van der Waals surface area contributed by atoms with Crippen molar-refractivity contribution in [3.63, 3.8) is 0 Å². The zero-order chi connectivity index (χ0) is 16.2. The van der Waals surface area contributed by atoms with Crippen LogP contribution < -0.4 is 0 Å². The van der Waals surface area contributed by atoms with Crippen LogP contribution in [-0.2, 0) is 6.42 Å². The second-order valence-corrected chi connectivity index (χ2v) is 7.19. The molecule has 0 spiro atoms. The summed E-state index contributed by atoms with van der Waals surface area (Å²) in [6.07, 6.45) is 23.2. The average Bonchev–Trinajstić information content (AvgIpc) is 2.63. The smallest absolute Gasteiger partial charge is 0.000626 e. The fourth-order valence-corrected chi connectivity index (χ4v) is 4.41. The minimum atomic E-state index is 0.210. The summed E-state index contributed by atoms with van der Waals surface area (Å²) >= 11 is 0. The molecule has 3 unspecified atom stereocenters. The van der Waals surface area contributed by atoms with E-state index in [1.165, 1.54) is 12.0 Å². The average molecular weight is 304 g/mol. The van der Waals surface area contributed by atoms with E-state index in [4.69, 9.17) is 0 Å². The molecule has 0 saturated heterocycles. The van der Waals surface area contributed by atoms with Gasteiger partial charge in [0.1, 0.15) is 0 Å². The van der Waals surface area contributed by atoms with Gasteiger partial charge in [0.05, 0.1) is 0 Å². The molecule has 120 valence electrons. The molecule has 0 aromatic heterocycles. The lowest BCUT2D eigenvalue weighted by atomic mass is 9.56. The maximum Gasteiger partial charge on any atom is -0.000626 e. The Morgan fingerprint density at radius 2 is 1.48 bits per heavy atom. The van der Waals surface area contributed by atoms with Crippen molar-refractivity contribution in [1.82, 2.24) is 0 Å². The van der Waals surface area contributed by atoms with Crippen molar-refractivity contribution < 1.29 is 0 Å². The van der Waals surface area contributed by atoms with Crippen LogP contribution in [0.15, 0.2) is 78.9 Å². The molecule has 2 aliphatic rings. The Labute approximate surface area is 141 Å². The van der Waals surface area contributed by atoms with Gasteiger partial charge in [-0.2, -0.15) is 0 Å². The summed E-state index contributed by atoms with van der Waals surface area (Å²) in [6, 6.07) is 11.0. The minimum absolute atomic E-state index is 0.210. The Hall–Kier alpha value is -1.82. The Morgan fingerprint density at radius 1 is 0.870 bits per heavy atom. The van der Waals surface area contributed by atoms with Crippen molar-refractivity contribution in [2.45, 2.75) is 39.5 Å². The van der Waals surface area contributed by atoms with E-state index >= 15 is 0 Å². The maximum absolute atomic E-state index is 2.48. The number of hydrogen-bond donors (Lipinski definition) is 0. The molecule has 0 N–H and O–H groups in total. The summed E-state index contributed by atoms with van der Waals surface area (Å²) in [5, 5.41) is 0.